The summed E-state index contributed by atoms with van der Waals surface area (Å²) in [5.74, 6) is 0.294. The van der Waals surface area contributed by atoms with Crippen molar-refractivity contribution in [3.63, 3.8) is 0 Å². The van der Waals surface area contributed by atoms with E-state index >= 15 is 0 Å². The molecule has 0 saturated carbocycles. The minimum atomic E-state index is -0.286. The highest BCUT2D eigenvalue weighted by Gasteiger charge is 2.18. The van der Waals surface area contributed by atoms with Crippen molar-refractivity contribution in [1.29, 1.82) is 0 Å². The van der Waals surface area contributed by atoms with Crippen molar-refractivity contribution in [1.82, 2.24) is 0 Å². The first-order valence-corrected chi connectivity index (χ1v) is 5.82. The van der Waals surface area contributed by atoms with E-state index in [1.807, 2.05) is 43.3 Å². The van der Waals surface area contributed by atoms with Gasteiger partial charge in [-0.15, -0.1) is 0 Å². The van der Waals surface area contributed by atoms with Gasteiger partial charge < -0.3 is 9.47 Å². The van der Waals surface area contributed by atoms with Gasteiger partial charge in [-0.2, -0.15) is 0 Å². The number of hydrogen-bond acceptors (Lipinski definition) is 3. The van der Waals surface area contributed by atoms with Crippen molar-refractivity contribution in [2.24, 2.45) is 0 Å². The van der Waals surface area contributed by atoms with Gasteiger partial charge in [-0.25, -0.2) is 0 Å². The van der Waals surface area contributed by atoms with Crippen LogP contribution in [0.2, 0.25) is 0 Å². The molecule has 0 spiro atoms. The van der Waals surface area contributed by atoms with E-state index in [9.17, 15) is 4.79 Å². The summed E-state index contributed by atoms with van der Waals surface area (Å²) in [6.45, 7) is 1.85. The van der Waals surface area contributed by atoms with Crippen molar-refractivity contribution in [2.75, 3.05) is 14.2 Å². The Morgan fingerprint density at radius 2 is 1.72 bits per heavy atom. The summed E-state index contributed by atoms with van der Waals surface area (Å²) >= 11 is 0. The molecule has 0 aromatic heterocycles. The van der Waals surface area contributed by atoms with Gasteiger partial charge in [0.25, 0.3) is 0 Å². The third-order valence-corrected chi connectivity index (χ3v) is 3.16. The maximum atomic E-state index is 11.7. The number of fused-ring (bicyclic) bond motifs is 1. The van der Waals surface area contributed by atoms with E-state index < -0.39 is 0 Å². The number of methoxy groups -OCH3 is 2. The summed E-state index contributed by atoms with van der Waals surface area (Å²) in [5.41, 5.74) is 0.957. The zero-order chi connectivity index (χ0) is 13.1. The first-order valence-electron chi connectivity index (χ1n) is 5.82. The molecule has 0 saturated heterocycles. The lowest BCUT2D eigenvalue weighted by Gasteiger charge is -2.14. The Labute approximate surface area is 106 Å². The number of ether oxygens (including phenoxy) is 2. The molecule has 3 nitrogen and oxygen atoms in total. The Morgan fingerprint density at radius 1 is 1.06 bits per heavy atom. The molecule has 1 atom stereocenters. The monoisotopic (exact) mass is 244 g/mol. The highest BCUT2D eigenvalue weighted by molar-refractivity contribution is 5.94. The van der Waals surface area contributed by atoms with Crippen LogP contribution >= 0.6 is 0 Å². The van der Waals surface area contributed by atoms with E-state index in [4.69, 9.17) is 9.47 Å². The molecule has 0 fully saturated rings. The molecule has 3 heteroatoms. The van der Waals surface area contributed by atoms with Crippen LogP contribution < -0.4 is 4.74 Å². The van der Waals surface area contributed by atoms with E-state index in [1.165, 1.54) is 7.11 Å². The molecular formula is C15H16O3. The molecule has 0 bridgehead atoms. The second kappa shape index (κ2) is 5.08. The highest BCUT2D eigenvalue weighted by Crippen LogP contribution is 2.32. The fourth-order valence-corrected chi connectivity index (χ4v) is 2.15. The lowest BCUT2D eigenvalue weighted by Crippen LogP contribution is -2.11. The van der Waals surface area contributed by atoms with Crippen LogP contribution in [0.25, 0.3) is 10.8 Å². The van der Waals surface area contributed by atoms with Crippen molar-refractivity contribution < 1.29 is 14.3 Å². The predicted molar refractivity (Wildman–Crippen MR) is 70.9 cm³/mol. The Bertz CT molecular complexity index is 575. The number of hydrogen-bond donors (Lipinski definition) is 0. The van der Waals surface area contributed by atoms with Crippen molar-refractivity contribution in [3.8, 4) is 5.75 Å². The highest BCUT2D eigenvalue weighted by atomic mass is 16.5. The second-order valence-corrected chi connectivity index (χ2v) is 4.15. The second-order valence-electron chi connectivity index (χ2n) is 4.15. The SMILES string of the molecule is COC(=O)[C@H](C)c1ccc(OC)c2ccccc12. The quantitative estimate of drug-likeness (QED) is 0.778. The summed E-state index contributed by atoms with van der Waals surface area (Å²) < 4.78 is 10.1. The van der Waals surface area contributed by atoms with E-state index in [0.29, 0.717) is 0 Å². The predicted octanol–water partition coefficient (Wildman–Crippen LogP) is 3.12. The molecule has 0 aliphatic rings. The zero-order valence-electron chi connectivity index (χ0n) is 10.8. The summed E-state index contributed by atoms with van der Waals surface area (Å²) in [6.07, 6.45) is 0. The van der Waals surface area contributed by atoms with Gasteiger partial charge in [-0.3, -0.25) is 4.79 Å². The molecule has 0 unspecified atom stereocenters. The van der Waals surface area contributed by atoms with Gasteiger partial charge in [0.05, 0.1) is 20.1 Å². The van der Waals surface area contributed by atoms with Crippen LogP contribution in [0, 0.1) is 0 Å². The van der Waals surface area contributed by atoms with Gasteiger partial charge in [0.1, 0.15) is 5.75 Å². The van der Waals surface area contributed by atoms with E-state index in [2.05, 4.69) is 0 Å². The smallest absolute Gasteiger partial charge is 0.312 e. The molecule has 0 radical (unpaired) electrons. The first kappa shape index (κ1) is 12.4. The minimum absolute atomic E-state index is 0.231. The Kier molecular flexibility index (Phi) is 3.51. The van der Waals surface area contributed by atoms with Crippen LogP contribution in [0.4, 0.5) is 0 Å². The van der Waals surface area contributed by atoms with E-state index in [-0.39, 0.29) is 11.9 Å². The Balaban J connectivity index is 2.63. The van der Waals surface area contributed by atoms with Gasteiger partial charge in [0.2, 0.25) is 0 Å². The number of rotatable bonds is 3. The molecule has 2 aromatic rings. The maximum Gasteiger partial charge on any atom is 0.312 e. The maximum absolute atomic E-state index is 11.7. The van der Waals surface area contributed by atoms with Crippen molar-refractivity contribution in [2.45, 2.75) is 12.8 Å². The average molecular weight is 244 g/mol. The van der Waals surface area contributed by atoms with Crippen LogP contribution in [0.15, 0.2) is 36.4 Å². The topological polar surface area (TPSA) is 35.5 Å². The third-order valence-electron chi connectivity index (χ3n) is 3.16. The van der Waals surface area contributed by atoms with Crippen LogP contribution in [0.5, 0.6) is 5.75 Å². The number of carbonyl (C=O) groups is 1. The largest absolute Gasteiger partial charge is 0.496 e. The van der Waals surface area contributed by atoms with Crippen LogP contribution in [0.1, 0.15) is 18.4 Å². The average Bonchev–Trinajstić information content (AvgIpc) is 2.44. The molecule has 0 amide bonds. The van der Waals surface area contributed by atoms with Gasteiger partial charge in [-0.1, -0.05) is 30.3 Å². The standard InChI is InChI=1S/C15H16O3/c1-10(15(16)18-3)11-8-9-14(17-2)13-7-5-4-6-12(11)13/h4-10H,1-3H3/t10-/m1/s1. The summed E-state index contributed by atoms with van der Waals surface area (Å²) in [4.78, 5) is 11.7. The molecule has 0 aliphatic carbocycles. The number of carbonyl (C=O) groups excluding carboxylic acids is 1. The fourth-order valence-electron chi connectivity index (χ4n) is 2.15. The number of esters is 1. The lowest BCUT2D eigenvalue weighted by molar-refractivity contribution is -0.141. The van der Waals surface area contributed by atoms with Crippen LogP contribution in [-0.4, -0.2) is 20.2 Å². The molecule has 0 N–H and O–H groups in total. The molecule has 2 aromatic carbocycles. The minimum Gasteiger partial charge on any atom is -0.496 e. The molecule has 18 heavy (non-hydrogen) atoms. The van der Waals surface area contributed by atoms with Gasteiger partial charge >= 0.3 is 5.97 Å². The summed E-state index contributed by atoms with van der Waals surface area (Å²) in [5, 5.41) is 2.03. The summed E-state index contributed by atoms with van der Waals surface area (Å²) in [6, 6.07) is 11.7. The summed E-state index contributed by atoms with van der Waals surface area (Å²) in [7, 11) is 3.05. The fraction of sp³-hybridized carbons (Fsp3) is 0.267. The van der Waals surface area contributed by atoms with Crippen molar-refractivity contribution >= 4 is 16.7 Å². The lowest BCUT2D eigenvalue weighted by atomic mass is 9.94. The number of benzene rings is 2. The third kappa shape index (κ3) is 2.04. The molecule has 0 heterocycles. The zero-order valence-corrected chi connectivity index (χ0v) is 10.8. The molecule has 2 rings (SSSR count). The molecule has 0 aliphatic heterocycles. The van der Waals surface area contributed by atoms with E-state index in [1.54, 1.807) is 7.11 Å². The normalized spacial score (nSPS) is 12.2. The van der Waals surface area contributed by atoms with Gasteiger partial charge in [0, 0.05) is 5.39 Å². The van der Waals surface area contributed by atoms with Crippen LogP contribution in [-0.2, 0) is 9.53 Å². The van der Waals surface area contributed by atoms with Gasteiger partial charge in [0.15, 0.2) is 0 Å². The van der Waals surface area contributed by atoms with Crippen LogP contribution in [0.3, 0.4) is 0 Å². The Hall–Kier alpha value is -2.03. The van der Waals surface area contributed by atoms with E-state index in [0.717, 1.165) is 22.1 Å². The molecule has 94 valence electrons. The van der Waals surface area contributed by atoms with Gasteiger partial charge in [-0.05, 0) is 23.9 Å². The molecular weight excluding hydrogens is 228 g/mol. The van der Waals surface area contributed by atoms with Crippen molar-refractivity contribution in [3.05, 3.63) is 42.0 Å². The Morgan fingerprint density at radius 3 is 2.33 bits per heavy atom. The first-order chi connectivity index (χ1) is 8.69.